The zero-order valence-electron chi connectivity index (χ0n) is 10.3. The Morgan fingerprint density at radius 3 is 3.00 bits per heavy atom. The second-order valence-corrected chi connectivity index (χ2v) is 4.14. The van der Waals surface area contributed by atoms with Crippen LogP contribution in [0.25, 0.3) is 5.52 Å². The highest BCUT2D eigenvalue weighted by molar-refractivity contribution is 5.95. The van der Waals surface area contributed by atoms with E-state index in [0.717, 1.165) is 0 Å². The molecule has 2 heterocycles. The molecule has 0 saturated heterocycles. The lowest BCUT2D eigenvalue weighted by atomic mass is 10.3. The molecule has 6 nitrogen and oxygen atoms in total. The van der Waals surface area contributed by atoms with E-state index in [1.807, 2.05) is 0 Å². The third kappa shape index (κ3) is 2.14. The molecule has 2 aromatic rings. The number of ether oxygens (including phenoxy) is 1. The number of nitrogens with zero attached hydrogens (tertiary/aromatic N) is 2. The molecule has 1 atom stereocenters. The largest absolute Gasteiger partial charge is 0.464 e. The van der Waals surface area contributed by atoms with Gasteiger partial charge in [-0.05, 0) is 19.1 Å². The third-order valence-corrected chi connectivity index (χ3v) is 2.60. The Bertz CT molecular complexity index is 590. The normalized spacial score (nSPS) is 12.6. The Morgan fingerprint density at radius 1 is 1.67 bits per heavy atom. The molecular weight excluding hydrogens is 234 g/mol. The molecule has 0 fully saturated rings. The average Bonchev–Trinajstić information content (AvgIpc) is 2.65. The predicted molar refractivity (Wildman–Crippen MR) is 66.3 cm³/mol. The van der Waals surface area contributed by atoms with Gasteiger partial charge in [-0.2, -0.15) is 0 Å². The molecule has 0 aliphatic heterocycles. The van der Waals surface area contributed by atoms with Gasteiger partial charge in [-0.3, -0.25) is 0 Å². The molecule has 2 rings (SSSR count). The van der Waals surface area contributed by atoms with Crippen LogP contribution in [0.4, 0.5) is 5.69 Å². The second kappa shape index (κ2) is 4.66. The molecule has 0 aliphatic carbocycles. The smallest absolute Gasteiger partial charge is 0.358 e. The Morgan fingerprint density at radius 2 is 2.39 bits per heavy atom. The maximum Gasteiger partial charge on any atom is 0.358 e. The lowest BCUT2D eigenvalue weighted by Crippen LogP contribution is -2.08. The number of aliphatic hydroxyl groups is 1. The van der Waals surface area contributed by atoms with Crippen LogP contribution < -0.4 is 5.73 Å². The predicted octanol–water partition coefficient (Wildman–Crippen LogP) is 0.626. The molecule has 0 amide bonds. The lowest BCUT2D eigenvalue weighted by Gasteiger charge is -2.03. The number of hydrogen-bond donors (Lipinski definition) is 2. The number of nitrogens with two attached hydrogens (primary N) is 1. The fraction of sp³-hybridized carbons (Fsp3) is 0.333. The van der Waals surface area contributed by atoms with Crippen LogP contribution in [-0.4, -0.2) is 33.7 Å². The summed E-state index contributed by atoms with van der Waals surface area (Å²) in [6.07, 6.45) is 1.53. The molecule has 0 aromatic carbocycles. The van der Waals surface area contributed by atoms with Crippen molar-refractivity contribution in [2.24, 2.45) is 0 Å². The molecule has 0 bridgehead atoms. The van der Waals surface area contributed by atoms with Gasteiger partial charge in [-0.25, -0.2) is 9.78 Å². The maximum absolute atomic E-state index is 11.6. The topological polar surface area (TPSA) is 89.8 Å². The van der Waals surface area contributed by atoms with E-state index < -0.39 is 12.1 Å². The number of carbonyl (C=O) groups is 1. The number of carbonyl (C=O) groups excluding carboxylic acids is 1. The molecule has 6 heteroatoms. The molecule has 96 valence electrons. The van der Waals surface area contributed by atoms with Crippen LogP contribution in [0.2, 0.25) is 0 Å². The summed E-state index contributed by atoms with van der Waals surface area (Å²) in [7, 11) is 1.30. The fourth-order valence-corrected chi connectivity index (χ4v) is 1.82. The maximum atomic E-state index is 11.6. The monoisotopic (exact) mass is 249 g/mol. The SMILES string of the molecule is COC(=O)c1nc(CC(C)O)n2ccc(N)cc12. The van der Waals surface area contributed by atoms with Crippen LogP contribution in [0.3, 0.4) is 0 Å². The number of esters is 1. The van der Waals surface area contributed by atoms with Crippen molar-refractivity contribution in [2.45, 2.75) is 19.4 Å². The second-order valence-electron chi connectivity index (χ2n) is 4.14. The molecular formula is C12H15N3O3. The number of methoxy groups -OCH3 is 1. The highest BCUT2D eigenvalue weighted by Crippen LogP contribution is 2.18. The molecule has 2 aromatic heterocycles. The number of pyridine rings is 1. The number of aromatic nitrogens is 2. The van der Waals surface area contributed by atoms with Crippen molar-refractivity contribution in [3.8, 4) is 0 Å². The summed E-state index contributed by atoms with van der Waals surface area (Å²) < 4.78 is 6.42. The number of aliphatic hydroxyl groups excluding tert-OH is 1. The fourth-order valence-electron chi connectivity index (χ4n) is 1.82. The van der Waals surface area contributed by atoms with Crippen molar-refractivity contribution in [2.75, 3.05) is 12.8 Å². The van der Waals surface area contributed by atoms with Crippen LogP contribution >= 0.6 is 0 Å². The first kappa shape index (κ1) is 12.4. The molecule has 0 spiro atoms. The van der Waals surface area contributed by atoms with Crippen LogP contribution in [0.1, 0.15) is 23.2 Å². The minimum Gasteiger partial charge on any atom is -0.464 e. The number of imidazole rings is 1. The number of rotatable bonds is 3. The Kier molecular flexibility index (Phi) is 3.20. The summed E-state index contributed by atoms with van der Waals surface area (Å²) >= 11 is 0. The van der Waals surface area contributed by atoms with Crippen LogP contribution in [0, 0.1) is 0 Å². The summed E-state index contributed by atoms with van der Waals surface area (Å²) in [4.78, 5) is 15.9. The zero-order chi connectivity index (χ0) is 13.3. The first-order valence-electron chi connectivity index (χ1n) is 5.55. The van der Waals surface area contributed by atoms with Gasteiger partial charge in [-0.15, -0.1) is 0 Å². The third-order valence-electron chi connectivity index (χ3n) is 2.60. The van der Waals surface area contributed by atoms with Gasteiger partial charge >= 0.3 is 5.97 Å². The van der Waals surface area contributed by atoms with Crippen molar-refractivity contribution in [3.05, 3.63) is 29.8 Å². The van der Waals surface area contributed by atoms with E-state index in [1.165, 1.54) is 7.11 Å². The summed E-state index contributed by atoms with van der Waals surface area (Å²) in [5, 5.41) is 9.43. The molecule has 3 N–H and O–H groups in total. The van der Waals surface area contributed by atoms with Gasteiger partial charge < -0.3 is 20.0 Å². The summed E-state index contributed by atoms with van der Waals surface area (Å²) in [6, 6.07) is 3.37. The summed E-state index contributed by atoms with van der Waals surface area (Å²) in [5.41, 5.74) is 7.03. The number of anilines is 1. The first-order chi connectivity index (χ1) is 8.52. The van der Waals surface area contributed by atoms with Gasteiger partial charge in [0.25, 0.3) is 0 Å². The van der Waals surface area contributed by atoms with E-state index in [-0.39, 0.29) is 5.69 Å². The van der Waals surface area contributed by atoms with E-state index in [4.69, 9.17) is 5.73 Å². The van der Waals surface area contributed by atoms with E-state index in [9.17, 15) is 9.90 Å². The van der Waals surface area contributed by atoms with Crippen LogP contribution in [-0.2, 0) is 11.2 Å². The molecule has 0 saturated carbocycles. The molecule has 1 unspecified atom stereocenters. The molecule has 0 aliphatic rings. The Balaban J connectivity index is 2.63. The quantitative estimate of drug-likeness (QED) is 0.778. The van der Waals surface area contributed by atoms with E-state index in [1.54, 1.807) is 29.7 Å². The van der Waals surface area contributed by atoms with Gasteiger partial charge in [0, 0.05) is 18.3 Å². The highest BCUT2D eigenvalue weighted by Gasteiger charge is 2.18. The highest BCUT2D eigenvalue weighted by atomic mass is 16.5. The van der Waals surface area contributed by atoms with Gasteiger partial charge in [0.05, 0.1) is 18.7 Å². The number of fused-ring (bicyclic) bond motifs is 1. The zero-order valence-corrected chi connectivity index (χ0v) is 10.3. The van der Waals surface area contributed by atoms with Crippen molar-refractivity contribution >= 4 is 17.2 Å². The van der Waals surface area contributed by atoms with Crippen LogP contribution in [0.15, 0.2) is 18.3 Å². The van der Waals surface area contributed by atoms with Crippen molar-refractivity contribution < 1.29 is 14.6 Å². The van der Waals surface area contributed by atoms with E-state index in [2.05, 4.69) is 9.72 Å². The Labute approximate surface area is 104 Å². The minimum atomic E-state index is -0.543. The van der Waals surface area contributed by atoms with Gasteiger partial charge in [-0.1, -0.05) is 0 Å². The van der Waals surface area contributed by atoms with Crippen LogP contribution in [0.5, 0.6) is 0 Å². The first-order valence-corrected chi connectivity index (χ1v) is 5.55. The Hall–Kier alpha value is -2.08. The van der Waals surface area contributed by atoms with E-state index in [0.29, 0.717) is 23.4 Å². The summed E-state index contributed by atoms with van der Waals surface area (Å²) in [5.74, 6) is 0.0790. The van der Waals surface area contributed by atoms with Gasteiger partial charge in [0.1, 0.15) is 5.82 Å². The van der Waals surface area contributed by atoms with Crippen molar-refractivity contribution in [1.82, 2.24) is 9.38 Å². The van der Waals surface area contributed by atoms with E-state index >= 15 is 0 Å². The van der Waals surface area contributed by atoms with Crippen molar-refractivity contribution in [1.29, 1.82) is 0 Å². The average molecular weight is 249 g/mol. The molecule has 0 radical (unpaired) electrons. The van der Waals surface area contributed by atoms with Gasteiger partial charge in [0.15, 0.2) is 5.69 Å². The van der Waals surface area contributed by atoms with Gasteiger partial charge in [0.2, 0.25) is 0 Å². The lowest BCUT2D eigenvalue weighted by molar-refractivity contribution is 0.0596. The standard InChI is InChI=1S/C12H15N3O3/c1-7(16)5-10-14-11(12(17)18-2)9-6-8(13)3-4-15(9)10/h3-4,6-7,16H,5,13H2,1-2H3. The van der Waals surface area contributed by atoms with Crippen molar-refractivity contribution in [3.63, 3.8) is 0 Å². The number of nitrogen functional groups attached to an aromatic ring is 1. The minimum absolute atomic E-state index is 0.209. The molecule has 18 heavy (non-hydrogen) atoms. The number of hydrogen-bond acceptors (Lipinski definition) is 5. The summed E-state index contributed by atoms with van der Waals surface area (Å²) in [6.45, 7) is 1.66.